The molecule has 0 N–H and O–H groups in total. The molecule has 1 heteroatoms. The Morgan fingerprint density at radius 3 is 2.31 bits per heavy atom. The van der Waals surface area contributed by atoms with Gasteiger partial charge in [0.2, 0.25) is 0 Å². The van der Waals surface area contributed by atoms with Gasteiger partial charge in [0.15, 0.2) is 0 Å². The summed E-state index contributed by atoms with van der Waals surface area (Å²) >= 11 is 0. The maximum atomic E-state index is 11.6. The van der Waals surface area contributed by atoms with Gasteiger partial charge < -0.3 is 0 Å². The molecule has 0 aliphatic heterocycles. The van der Waals surface area contributed by atoms with Crippen LogP contribution < -0.4 is 0 Å². The highest BCUT2D eigenvalue weighted by atomic mass is 16.1. The summed E-state index contributed by atoms with van der Waals surface area (Å²) in [5, 5.41) is 0. The summed E-state index contributed by atoms with van der Waals surface area (Å²) in [6.07, 6.45) is 7.03. The number of Topliss-reactive ketones (excluding diaryl/α,β-unsaturated/α-hetero) is 1. The van der Waals surface area contributed by atoms with Gasteiger partial charge >= 0.3 is 0 Å². The van der Waals surface area contributed by atoms with E-state index in [1.54, 1.807) is 0 Å². The third-order valence-electron chi connectivity index (χ3n) is 5.19. The lowest BCUT2D eigenvalue weighted by Gasteiger charge is -2.39. The molecule has 0 aromatic carbocycles. The largest absolute Gasteiger partial charge is 0.299 e. The van der Waals surface area contributed by atoms with Crippen LogP contribution in [0.1, 0.15) is 73.1 Å². The van der Waals surface area contributed by atoms with Gasteiger partial charge in [-0.1, -0.05) is 41.0 Å². The van der Waals surface area contributed by atoms with Crippen LogP contribution in [-0.4, -0.2) is 5.78 Å². The molecule has 1 fully saturated rings. The molecule has 2 unspecified atom stereocenters. The highest BCUT2D eigenvalue weighted by molar-refractivity contribution is 5.80. The molecule has 1 saturated carbocycles. The highest BCUT2D eigenvalue weighted by Gasteiger charge is 2.44. The second-order valence-corrected chi connectivity index (χ2v) is 6.56. The Balaban J connectivity index is 2.51. The normalized spacial score (nSPS) is 30.3. The smallest absolute Gasteiger partial charge is 0.135 e. The van der Waals surface area contributed by atoms with Crippen molar-refractivity contribution in [1.82, 2.24) is 0 Å². The van der Waals surface area contributed by atoms with Crippen molar-refractivity contribution in [1.29, 1.82) is 0 Å². The molecule has 0 bridgehead atoms. The fraction of sp³-hybridized carbons (Fsp3) is 0.933. The summed E-state index contributed by atoms with van der Waals surface area (Å²) in [5.41, 5.74) is 0.914. The lowest BCUT2D eigenvalue weighted by molar-refractivity contribution is -0.122. The van der Waals surface area contributed by atoms with Gasteiger partial charge in [0, 0.05) is 12.3 Å². The maximum Gasteiger partial charge on any atom is 0.135 e. The van der Waals surface area contributed by atoms with Crippen LogP contribution >= 0.6 is 0 Å². The Labute approximate surface area is 101 Å². The lowest BCUT2D eigenvalue weighted by atomic mass is 9.66. The minimum atomic E-state index is 0.262. The van der Waals surface area contributed by atoms with E-state index in [0.717, 1.165) is 6.42 Å². The van der Waals surface area contributed by atoms with Gasteiger partial charge in [-0.2, -0.15) is 0 Å². The fourth-order valence-electron chi connectivity index (χ4n) is 3.07. The van der Waals surface area contributed by atoms with Gasteiger partial charge in [0.25, 0.3) is 0 Å². The SMILES string of the molecule is CCC(=O)C(C)CCC1(C)CCCC1(C)C. The third kappa shape index (κ3) is 2.67. The van der Waals surface area contributed by atoms with Gasteiger partial charge in [-0.15, -0.1) is 0 Å². The fourth-order valence-corrected chi connectivity index (χ4v) is 3.07. The molecule has 1 aliphatic rings. The average molecular weight is 224 g/mol. The van der Waals surface area contributed by atoms with Crippen LogP contribution in [0.3, 0.4) is 0 Å². The Bertz CT molecular complexity index is 254. The summed E-state index contributed by atoms with van der Waals surface area (Å²) in [4.78, 5) is 11.6. The van der Waals surface area contributed by atoms with Crippen molar-refractivity contribution < 1.29 is 4.79 Å². The van der Waals surface area contributed by atoms with Crippen LogP contribution in [0.5, 0.6) is 0 Å². The molecule has 1 aliphatic carbocycles. The van der Waals surface area contributed by atoms with E-state index in [1.165, 1.54) is 25.7 Å². The van der Waals surface area contributed by atoms with E-state index >= 15 is 0 Å². The summed E-state index contributed by atoms with van der Waals surface area (Å²) in [5.74, 6) is 0.692. The van der Waals surface area contributed by atoms with E-state index in [4.69, 9.17) is 0 Å². The Hall–Kier alpha value is -0.330. The molecule has 1 rings (SSSR count). The summed E-state index contributed by atoms with van der Waals surface area (Å²) in [6.45, 7) is 11.3. The quantitative estimate of drug-likeness (QED) is 0.667. The molecule has 16 heavy (non-hydrogen) atoms. The molecule has 2 atom stereocenters. The molecule has 1 nitrogen and oxygen atoms in total. The zero-order valence-corrected chi connectivity index (χ0v) is 11.7. The molecule has 94 valence electrons. The molecule has 0 aromatic heterocycles. The van der Waals surface area contributed by atoms with E-state index in [9.17, 15) is 4.79 Å². The second-order valence-electron chi connectivity index (χ2n) is 6.56. The number of carbonyl (C=O) groups is 1. The molecule has 0 radical (unpaired) electrons. The third-order valence-corrected chi connectivity index (χ3v) is 5.19. The van der Waals surface area contributed by atoms with Gasteiger partial charge in [-0.25, -0.2) is 0 Å². The maximum absolute atomic E-state index is 11.6. The topological polar surface area (TPSA) is 17.1 Å². The first kappa shape index (κ1) is 13.7. The van der Waals surface area contributed by atoms with Gasteiger partial charge in [0.05, 0.1) is 0 Å². The molecule has 0 saturated heterocycles. The Morgan fingerprint density at radius 2 is 1.88 bits per heavy atom. The Kier molecular flexibility index (Phi) is 4.20. The van der Waals surface area contributed by atoms with Crippen molar-refractivity contribution in [2.75, 3.05) is 0 Å². The van der Waals surface area contributed by atoms with Crippen LogP contribution in [-0.2, 0) is 4.79 Å². The second kappa shape index (κ2) is 4.89. The van der Waals surface area contributed by atoms with Crippen LogP contribution in [0.4, 0.5) is 0 Å². The minimum absolute atomic E-state index is 0.262. The van der Waals surface area contributed by atoms with E-state index < -0.39 is 0 Å². The van der Waals surface area contributed by atoms with E-state index in [2.05, 4.69) is 27.7 Å². The van der Waals surface area contributed by atoms with Crippen molar-refractivity contribution >= 4 is 5.78 Å². The molecule has 0 heterocycles. The van der Waals surface area contributed by atoms with Crippen molar-refractivity contribution in [2.24, 2.45) is 16.7 Å². The molecular weight excluding hydrogens is 196 g/mol. The molecular formula is C15H28O. The molecule has 0 spiro atoms. The number of ketones is 1. The minimum Gasteiger partial charge on any atom is -0.299 e. The predicted molar refractivity (Wildman–Crippen MR) is 69.4 cm³/mol. The first-order chi connectivity index (χ1) is 7.32. The van der Waals surface area contributed by atoms with Crippen LogP contribution in [0, 0.1) is 16.7 Å². The van der Waals surface area contributed by atoms with Crippen molar-refractivity contribution in [3.8, 4) is 0 Å². The molecule has 0 amide bonds. The predicted octanol–water partition coefficient (Wildman–Crippen LogP) is 4.60. The zero-order chi connectivity index (χ0) is 12.4. The van der Waals surface area contributed by atoms with Crippen molar-refractivity contribution in [3.05, 3.63) is 0 Å². The Morgan fingerprint density at radius 1 is 1.25 bits per heavy atom. The number of hydrogen-bond acceptors (Lipinski definition) is 1. The standard InChI is InChI=1S/C15H28O/c1-6-13(16)12(2)8-11-15(5)10-7-9-14(15,3)4/h12H,6-11H2,1-5H3. The van der Waals surface area contributed by atoms with E-state index in [0.29, 0.717) is 23.0 Å². The van der Waals surface area contributed by atoms with Crippen molar-refractivity contribution in [2.45, 2.75) is 73.1 Å². The van der Waals surface area contributed by atoms with E-state index in [-0.39, 0.29) is 5.92 Å². The number of hydrogen-bond donors (Lipinski definition) is 0. The summed E-state index contributed by atoms with van der Waals surface area (Å²) in [7, 11) is 0. The number of rotatable bonds is 5. The van der Waals surface area contributed by atoms with Gasteiger partial charge in [0.1, 0.15) is 5.78 Å². The van der Waals surface area contributed by atoms with Crippen LogP contribution in [0.2, 0.25) is 0 Å². The lowest BCUT2D eigenvalue weighted by Crippen LogP contribution is -2.30. The average Bonchev–Trinajstić information content (AvgIpc) is 2.49. The monoisotopic (exact) mass is 224 g/mol. The highest BCUT2D eigenvalue weighted by Crippen LogP contribution is 2.55. The van der Waals surface area contributed by atoms with Crippen LogP contribution in [0.15, 0.2) is 0 Å². The first-order valence-electron chi connectivity index (χ1n) is 6.85. The van der Waals surface area contributed by atoms with Crippen molar-refractivity contribution in [3.63, 3.8) is 0 Å². The number of carbonyl (C=O) groups excluding carboxylic acids is 1. The van der Waals surface area contributed by atoms with Crippen LogP contribution in [0.25, 0.3) is 0 Å². The van der Waals surface area contributed by atoms with E-state index in [1.807, 2.05) is 6.92 Å². The zero-order valence-electron chi connectivity index (χ0n) is 11.7. The summed E-state index contributed by atoms with van der Waals surface area (Å²) in [6, 6.07) is 0. The molecule has 0 aromatic rings. The summed E-state index contributed by atoms with van der Waals surface area (Å²) < 4.78 is 0. The van der Waals surface area contributed by atoms with Gasteiger partial charge in [-0.3, -0.25) is 4.79 Å². The first-order valence-corrected chi connectivity index (χ1v) is 6.85. The van der Waals surface area contributed by atoms with Gasteiger partial charge in [-0.05, 0) is 36.5 Å².